The van der Waals surface area contributed by atoms with Gasteiger partial charge in [-0.15, -0.1) is 0 Å². The second kappa shape index (κ2) is 9.10. The maximum absolute atomic E-state index is 12.7. The first-order valence-electron chi connectivity index (χ1n) is 10.6. The van der Waals surface area contributed by atoms with Crippen molar-refractivity contribution in [2.75, 3.05) is 27.2 Å². The molecule has 3 amide bonds. The number of nitrogens with one attached hydrogen (secondary N) is 1. The number of aryl methyl sites for hydroxylation is 1. The molecule has 0 radical (unpaired) electrons. The Morgan fingerprint density at radius 3 is 2.41 bits per heavy atom. The zero-order chi connectivity index (χ0) is 22.8. The van der Waals surface area contributed by atoms with E-state index in [1.807, 2.05) is 55.5 Å². The van der Waals surface area contributed by atoms with Crippen molar-refractivity contribution < 1.29 is 24.0 Å². The molecule has 0 saturated carbocycles. The van der Waals surface area contributed by atoms with E-state index >= 15 is 0 Å². The molecule has 2 heterocycles. The summed E-state index contributed by atoms with van der Waals surface area (Å²) in [5, 5.41) is 4.37. The lowest BCUT2D eigenvalue weighted by Gasteiger charge is -2.26. The first-order chi connectivity index (χ1) is 15.4. The van der Waals surface area contributed by atoms with Gasteiger partial charge < -0.3 is 10.1 Å². The molecule has 2 saturated heterocycles. The van der Waals surface area contributed by atoms with Crippen LogP contribution in [0, 0.1) is 12.8 Å². The van der Waals surface area contributed by atoms with Crippen LogP contribution in [0.15, 0.2) is 48.5 Å². The highest BCUT2D eigenvalue weighted by Gasteiger charge is 2.58. The summed E-state index contributed by atoms with van der Waals surface area (Å²) in [7, 11) is 3.08. The van der Waals surface area contributed by atoms with E-state index in [4.69, 9.17) is 9.57 Å². The van der Waals surface area contributed by atoms with Crippen LogP contribution in [0.3, 0.4) is 0 Å². The molecule has 2 aromatic rings. The Bertz CT molecular complexity index is 1010. The molecule has 2 aliphatic rings. The van der Waals surface area contributed by atoms with Crippen molar-refractivity contribution in [1.29, 1.82) is 0 Å². The topological polar surface area (TPSA) is 88.2 Å². The lowest BCUT2D eigenvalue weighted by Crippen LogP contribution is -2.40. The minimum atomic E-state index is -0.897. The molecule has 1 N–H and O–H groups in total. The molecule has 3 atom stereocenters. The fraction of sp³-hybridized carbons (Fsp3) is 0.375. The fourth-order valence-corrected chi connectivity index (χ4v) is 4.22. The molecule has 0 aliphatic carbocycles. The summed E-state index contributed by atoms with van der Waals surface area (Å²) in [5.74, 6) is -0.773. The van der Waals surface area contributed by atoms with Crippen LogP contribution in [0.4, 0.5) is 0 Å². The summed E-state index contributed by atoms with van der Waals surface area (Å²) >= 11 is 0. The molecule has 0 aromatic heterocycles. The number of rotatable bonds is 7. The van der Waals surface area contributed by atoms with Crippen LogP contribution >= 0.6 is 0 Å². The highest BCUT2D eigenvalue weighted by molar-refractivity contribution is 6.07. The van der Waals surface area contributed by atoms with Crippen LogP contribution in [0.25, 0.3) is 0 Å². The Labute approximate surface area is 187 Å². The van der Waals surface area contributed by atoms with E-state index < -0.39 is 18.1 Å². The third kappa shape index (κ3) is 4.24. The van der Waals surface area contributed by atoms with Gasteiger partial charge in [0, 0.05) is 13.6 Å². The Morgan fingerprint density at radius 2 is 1.75 bits per heavy atom. The second-order valence-corrected chi connectivity index (χ2v) is 8.17. The van der Waals surface area contributed by atoms with E-state index in [-0.39, 0.29) is 24.3 Å². The van der Waals surface area contributed by atoms with E-state index in [9.17, 15) is 14.4 Å². The Morgan fingerprint density at radius 1 is 1.06 bits per heavy atom. The number of amides is 3. The largest absolute Gasteiger partial charge is 0.497 e. The molecule has 32 heavy (non-hydrogen) atoms. The molecule has 2 aliphatic heterocycles. The number of methoxy groups -OCH3 is 1. The third-order valence-corrected chi connectivity index (χ3v) is 6.03. The van der Waals surface area contributed by atoms with E-state index in [0.717, 1.165) is 27.3 Å². The van der Waals surface area contributed by atoms with Crippen LogP contribution in [-0.2, 0) is 25.6 Å². The number of fused-ring (bicyclic) bond motifs is 1. The van der Waals surface area contributed by atoms with Gasteiger partial charge in [0.15, 0.2) is 6.10 Å². The number of benzene rings is 2. The van der Waals surface area contributed by atoms with Gasteiger partial charge in [-0.1, -0.05) is 42.0 Å². The van der Waals surface area contributed by atoms with Gasteiger partial charge in [-0.05, 0) is 36.6 Å². The maximum Gasteiger partial charge on any atom is 0.261 e. The van der Waals surface area contributed by atoms with Gasteiger partial charge in [-0.25, -0.2) is 0 Å². The summed E-state index contributed by atoms with van der Waals surface area (Å²) in [6.07, 6.45) is -0.226. The number of likely N-dealkylation sites (N-methyl/N-ethyl adjacent to an activating group) is 1. The SMILES string of the molecule is COc1ccc(CCNC(=O)CN2OC3C(=O)N(C)C(=O)C3C2c2ccc(C)cc2)cc1. The van der Waals surface area contributed by atoms with Crippen molar-refractivity contribution in [3.8, 4) is 5.75 Å². The van der Waals surface area contributed by atoms with Crippen LogP contribution < -0.4 is 10.1 Å². The first-order valence-corrected chi connectivity index (χ1v) is 10.6. The number of ether oxygens (including phenoxy) is 1. The van der Waals surface area contributed by atoms with Crippen LogP contribution in [0.5, 0.6) is 5.75 Å². The molecule has 4 rings (SSSR count). The van der Waals surface area contributed by atoms with Gasteiger partial charge in [0.2, 0.25) is 11.8 Å². The van der Waals surface area contributed by atoms with Crippen molar-refractivity contribution in [1.82, 2.24) is 15.3 Å². The van der Waals surface area contributed by atoms with Crippen LogP contribution in [0.2, 0.25) is 0 Å². The quantitative estimate of drug-likeness (QED) is 0.663. The Balaban J connectivity index is 1.42. The van der Waals surface area contributed by atoms with Crippen molar-refractivity contribution in [2.45, 2.75) is 25.5 Å². The molecule has 2 aromatic carbocycles. The summed E-state index contributed by atoms with van der Waals surface area (Å²) < 4.78 is 5.15. The summed E-state index contributed by atoms with van der Waals surface area (Å²) in [5.41, 5.74) is 3.00. The molecule has 0 spiro atoms. The average molecular weight is 437 g/mol. The fourth-order valence-electron chi connectivity index (χ4n) is 4.22. The predicted molar refractivity (Wildman–Crippen MR) is 116 cm³/mol. The highest BCUT2D eigenvalue weighted by atomic mass is 16.7. The van der Waals surface area contributed by atoms with Gasteiger partial charge in [0.05, 0.1) is 19.1 Å². The lowest BCUT2D eigenvalue weighted by atomic mass is 9.90. The highest BCUT2D eigenvalue weighted by Crippen LogP contribution is 2.43. The van der Waals surface area contributed by atoms with Crippen molar-refractivity contribution >= 4 is 17.7 Å². The zero-order valence-electron chi connectivity index (χ0n) is 18.4. The standard InChI is InChI=1S/C24H27N3O5/c1-15-4-8-17(9-5-15)21-20-22(24(30)26(2)23(20)29)32-27(21)14-19(28)25-13-12-16-6-10-18(31-3)11-7-16/h4-11,20-22H,12-14H2,1-3H3,(H,25,28). The number of hydroxylamine groups is 2. The number of hydrogen-bond donors (Lipinski definition) is 1. The third-order valence-electron chi connectivity index (χ3n) is 6.03. The maximum atomic E-state index is 12.7. The lowest BCUT2D eigenvalue weighted by molar-refractivity contribution is -0.181. The molecule has 0 bridgehead atoms. The van der Waals surface area contributed by atoms with Crippen LogP contribution in [0.1, 0.15) is 22.7 Å². The monoisotopic (exact) mass is 437 g/mol. The van der Waals surface area contributed by atoms with Gasteiger partial charge in [-0.3, -0.25) is 24.1 Å². The van der Waals surface area contributed by atoms with Gasteiger partial charge in [0.1, 0.15) is 12.3 Å². The number of carbonyl (C=O) groups excluding carboxylic acids is 3. The molecule has 8 nitrogen and oxygen atoms in total. The Kier molecular flexibility index (Phi) is 6.25. The Hall–Kier alpha value is -3.23. The molecule has 168 valence electrons. The summed E-state index contributed by atoms with van der Waals surface area (Å²) in [4.78, 5) is 44.8. The number of hydrogen-bond acceptors (Lipinski definition) is 6. The second-order valence-electron chi connectivity index (χ2n) is 8.17. The van der Waals surface area contributed by atoms with E-state index in [1.165, 1.54) is 12.1 Å². The molecular formula is C24H27N3O5. The first kappa shape index (κ1) is 22.0. The number of likely N-dealkylation sites (tertiary alicyclic amines) is 1. The van der Waals surface area contributed by atoms with E-state index in [2.05, 4.69) is 5.32 Å². The van der Waals surface area contributed by atoms with Gasteiger partial charge in [-0.2, -0.15) is 5.06 Å². The molecular weight excluding hydrogens is 410 g/mol. The minimum Gasteiger partial charge on any atom is -0.497 e. The molecule has 3 unspecified atom stereocenters. The van der Waals surface area contributed by atoms with Gasteiger partial charge in [0.25, 0.3) is 5.91 Å². The summed E-state index contributed by atoms with van der Waals surface area (Å²) in [6.45, 7) is 2.36. The normalized spacial score (nSPS) is 22.8. The summed E-state index contributed by atoms with van der Waals surface area (Å²) in [6, 6.07) is 14.9. The average Bonchev–Trinajstić information content (AvgIpc) is 3.25. The van der Waals surface area contributed by atoms with Crippen LogP contribution in [-0.4, -0.2) is 61.0 Å². The minimum absolute atomic E-state index is 0.0710. The predicted octanol–water partition coefficient (Wildman–Crippen LogP) is 1.63. The molecule has 2 fully saturated rings. The van der Waals surface area contributed by atoms with E-state index in [1.54, 1.807) is 7.11 Å². The number of carbonyl (C=O) groups is 3. The number of imide groups is 1. The van der Waals surface area contributed by atoms with Crippen molar-refractivity contribution in [3.05, 3.63) is 65.2 Å². The smallest absolute Gasteiger partial charge is 0.261 e. The number of nitrogens with zero attached hydrogens (tertiary/aromatic N) is 2. The van der Waals surface area contributed by atoms with E-state index in [0.29, 0.717) is 13.0 Å². The molecule has 8 heteroatoms. The van der Waals surface area contributed by atoms with Gasteiger partial charge >= 0.3 is 0 Å². The zero-order valence-corrected chi connectivity index (χ0v) is 18.4. The van der Waals surface area contributed by atoms with Crippen molar-refractivity contribution in [2.24, 2.45) is 5.92 Å². The van der Waals surface area contributed by atoms with Crippen molar-refractivity contribution in [3.63, 3.8) is 0 Å².